The van der Waals surface area contributed by atoms with Crippen LogP contribution < -0.4 is 0 Å². The molecular weight excluding hydrogens is 524 g/mol. The lowest BCUT2D eigenvalue weighted by Gasteiger charge is -2.34. The molecule has 0 amide bonds. The van der Waals surface area contributed by atoms with Crippen molar-refractivity contribution in [2.45, 2.75) is 109 Å². The molecule has 0 saturated heterocycles. The molecule has 0 saturated carbocycles. The zero-order valence-corrected chi connectivity index (χ0v) is 26.4. The van der Waals surface area contributed by atoms with E-state index >= 15 is 0 Å². The Bertz CT molecular complexity index is 1370. The summed E-state index contributed by atoms with van der Waals surface area (Å²) in [7, 11) is 0. The zero-order chi connectivity index (χ0) is 30.1. The Labute approximate surface area is 259 Å². The summed E-state index contributed by atoms with van der Waals surface area (Å²) in [6, 6.07) is 30.2. The van der Waals surface area contributed by atoms with Gasteiger partial charge in [-0.3, -0.25) is 0 Å². The van der Waals surface area contributed by atoms with E-state index in [4.69, 9.17) is 0 Å². The van der Waals surface area contributed by atoms with Gasteiger partial charge in [0.25, 0.3) is 0 Å². The molecule has 1 aliphatic carbocycles. The first-order chi connectivity index (χ1) is 21.1. The lowest BCUT2D eigenvalue weighted by Crippen LogP contribution is -2.29. The van der Waals surface area contributed by atoms with Crippen molar-refractivity contribution in [3.63, 3.8) is 0 Å². The Morgan fingerprint density at radius 2 is 0.860 bits per heavy atom. The molecule has 0 fully saturated rings. The monoisotopic (exact) mass is 574 g/mol. The first kappa shape index (κ1) is 30.9. The van der Waals surface area contributed by atoms with Gasteiger partial charge in [-0.15, -0.1) is 0 Å². The summed E-state index contributed by atoms with van der Waals surface area (Å²) in [5, 5.41) is 22.0. The van der Waals surface area contributed by atoms with Crippen LogP contribution in [0.5, 0.6) is 11.5 Å². The van der Waals surface area contributed by atoms with Crippen LogP contribution in [-0.2, 0) is 18.3 Å². The van der Waals surface area contributed by atoms with E-state index in [0.29, 0.717) is 11.5 Å². The van der Waals surface area contributed by atoms with Crippen molar-refractivity contribution >= 4 is 0 Å². The average molecular weight is 575 g/mol. The second kappa shape index (κ2) is 14.8. The van der Waals surface area contributed by atoms with Gasteiger partial charge in [0.05, 0.1) is 5.41 Å². The van der Waals surface area contributed by atoms with Gasteiger partial charge in [0, 0.05) is 0 Å². The van der Waals surface area contributed by atoms with Crippen LogP contribution in [0.15, 0.2) is 84.9 Å². The summed E-state index contributed by atoms with van der Waals surface area (Å²) >= 11 is 0. The second-order valence-electron chi connectivity index (χ2n) is 12.6. The maximum atomic E-state index is 11.0. The van der Waals surface area contributed by atoms with Gasteiger partial charge in [0.2, 0.25) is 0 Å². The molecule has 4 aromatic carbocycles. The first-order valence-electron chi connectivity index (χ1n) is 16.9. The van der Waals surface area contributed by atoms with Gasteiger partial charge in [0.1, 0.15) is 11.5 Å². The third kappa shape index (κ3) is 6.54. The van der Waals surface area contributed by atoms with E-state index in [1.807, 2.05) is 12.1 Å². The molecule has 43 heavy (non-hydrogen) atoms. The van der Waals surface area contributed by atoms with Gasteiger partial charge < -0.3 is 10.2 Å². The Morgan fingerprint density at radius 1 is 0.465 bits per heavy atom. The maximum Gasteiger partial charge on any atom is 0.118 e. The van der Waals surface area contributed by atoms with Crippen molar-refractivity contribution in [1.29, 1.82) is 0 Å². The normalized spacial score (nSPS) is 13.2. The highest BCUT2D eigenvalue weighted by Gasteiger charge is 2.46. The summed E-state index contributed by atoms with van der Waals surface area (Å²) in [5.74, 6) is 0.781. The fourth-order valence-electron chi connectivity index (χ4n) is 7.25. The van der Waals surface area contributed by atoms with Gasteiger partial charge in [-0.05, 0) is 82.3 Å². The van der Waals surface area contributed by atoms with Gasteiger partial charge in [-0.25, -0.2) is 0 Å². The number of unbranched alkanes of at least 4 members (excludes halogenated alkanes) is 10. The van der Waals surface area contributed by atoms with Crippen LogP contribution in [0.2, 0.25) is 0 Å². The van der Waals surface area contributed by atoms with Crippen LogP contribution in [0.1, 0.15) is 124 Å². The van der Waals surface area contributed by atoms with Gasteiger partial charge in [0.15, 0.2) is 0 Å². The van der Waals surface area contributed by atoms with E-state index in [-0.39, 0.29) is 0 Å². The van der Waals surface area contributed by atoms with Crippen LogP contribution >= 0.6 is 0 Å². The minimum atomic E-state index is -0.527. The number of fused-ring (bicyclic) bond motifs is 3. The molecule has 0 aliphatic heterocycles. The van der Waals surface area contributed by atoms with Crippen LogP contribution in [0.3, 0.4) is 0 Å². The predicted molar refractivity (Wildman–Crippen MR) is 181 cm³/mol. The van der Waals surface area contributed by atoms with E-state index in [0.717, 1.165) is 36.8 Å². The van der Waals surface area contributed by atoms with Gasteiger partial charge in [-0.1, -0.05) is 151 Å². The van der Waals surface area contributed by atoms with Gasteiger partial charge in [-0.2, -0.15) is 0 Å². The van der Waals surface area contributed by atoms with Crippen LogP contribution in [0, 0.1) is 0 Å². The number of phenols is 2. The molecule has 0 heterocycles. The molecule has 226 valence electrons. The molecule has 0 unspecified atom stereocenters. The molecule has 2 nitrogen and oxygen atoms in total. The SMILES string of the molecule is CCCCCCCCc1cc(C2(c3ccc(O)c(CCCCCCCC)c3)c3ccccc3-c3ccccc32)ccc1O. The highest BCUT2D eigenvalue weighted by molar-refractivity contribution is 5.86. The van der Waals surface area contributed by atoms with Crippen molar-refractivity contribution in [2.24, 2.45) is 0 Å². The van der Waals surface area contributed by atoms with Crippen LogP contribution in [0.4, 0.5) is 0 Å². The molecule has 0 bridgehead atoms. The van der Waals surface area contributed by atoms with E-state index in [2.05, 4.69) is 86.6 Å². The van der Waals surface area contributed by atoms with Crippen molar-refractivity contribution < 1.29 is 10.2 Å². The number of benzene rings is 4. The fraction of sp³-hybridized carbons (Fsp3) is 0.415. The highest BCUT2D eigenvalue weighted by Crippen LogP contribution is 2.56. The fourth-order valence-corrected chi connectivity index (χ4v) is 7.25. The largest absolute Gasteiger partial charge is 0.508 e. The molecule has 2 heteroatoms. The Morgan fingerprint density at radius 3 is 1.30 bits per heavy atom. The summed E-state index contributed by atoms with van der Waals surface area (Å²) in [4.78, 5) is 0. The maximum absolute atomic E-state index is 11.0. The minimum Gasteiger partial charge on any atom is -0.508 e. The molecule has 4 aromatic rings. The van der Waals surface area contributed by atoms with Crippen LogP contribution in [0.25, 0.3) is 11.1 Å². The van der Waals surface area contributed by atoms with Crippen molar-refractivity contribution in [1.82, 2.24) is 0 Å². The van der Waals surface area contributed by atoms with E-state index < -0.39 is 5.41 Å². The predicted octanol–water partition coefficient (Wildman–Crippen LogP) is 11.3. The second-order valence-corrected chi connectivity index (χ2v) is 12.6. The number of hydrogen-bond donors (Lipinski definition) is 2. The van der Waals surface area contributed by atoms with E-state index in [1.165, 1.54) is 97.6 Å². The summed E-state index contributed by atoms with van der Waals surface area (Å²) in [6.07, 6.45) is 16.5. The van der Waals surface area contributed by atoms with E-state index in [1.54, 1.807) is 0 Å². The lowest BCUT2D eigenvalue weighted by atomic mass is 9.67. The van der Waals surface area contributed by atoms with Gasteiger partial charge >= 0.3 is 0 Å². The van der Waals surface area contributed by atoms with Crippen molar-refractivity contribution in [3.05, 3.63) is 118 Å². The molecule has 0 atom stereocenters. The number of aryl methyl sites for hydroxylation is 2. The Kier molecular flexibility index (Phi) is 10.6. The minimum absolute atomic E-state index is 0.390. The molecule has 5 rings (SSSR count). The highest BCUT2D eigenvalue weighted by atomic mass is 16.3. The number of aromatic hydroxyl groups is 2. The Hall–Kier alpha value is -3.52. The summed E-state index contributed by atoms with van der Waals surface area (Å²) in [5.41, 5.74) is 8.94. The molecule has 2 N–H and O–H groups in total. The quantitative estimate of drug-likeness (QED) is 0.115. The third-order valence-corrected chi connectivity index (χ3v) is 9.58. The molecule has 0 aromatic heterocycles. The standard InChI is InChI=1S/C41H50O2/c1-3-5-7-9-11-13-19-31-29-33(25-27-39(31)42)41(37-23-17-15-21-35(37)36-22-16-18-24-38(36)41)34-26-28-40(43)32(30-34)20-14-12-10-8-6-4-2/h15-18,21-30,42-43H,3-14,19-20H2,1-2H3. The topological polar surface area (TPSA) is 40.5 Å². The van der Waals surface area contributed by atoms with Crippen molar-refractivity contribution in [2.75, 3.05) is 0 Å². The van der Waals surface area contributed by atoms with Crippen molar-refractivity contribution in [3.8, 4) is 22.6 Å². The lowest BCUT2D eigenvalue weighted by molar-refractivity contribution is 0.465. The summed E-state index contributed by atoms with van der Waals surface area (Å²) in [6.45, 7) is 4.51. The Balaban J connectivity index is 1.57. The number of rotatable bonds is 16. The smallest absolute Gasteiger partial charge is 0.118 e. The zero-order valence-electron chi connectivity index (χ0n) is 26.4. The first-order valence-corrected chi connectivity index (χ1v) is 16.9. The number of hydrogen-bond acceptors (Lipinski definition) is 2. The number of phenolic OH excluding ortho intramolecular Hbond substituents is 2. The summed E-state index contributed by atoms with van der Waals surface area (Å²) < 4.78 is 0. The van der Waals surface area contributed by atoms with Crippen LogP contribution in [-0.4, -0.2) is 10.2 Å². The molecule has 1 aliphatic rings. The third-order valence-electron chi connectivity index (χ3n) is 9.58. The van der Waals surface area contributed by atoms with E-state index in [9.17, 15) is 10.2 Å². The molecule has 0 radical (unpaired) electrons. The average Bonchev–Trinajstić information content (AvgIpc) is 3.33. The molecular formula is C41H50O2. The molecule has 0 spiro atoms.